The Balaban J connectivity index is 3.30. The molecule has 0 bridgehead atoms. The number of aromatic nitrogens is 3. The first-order valence-electron chi connectivity index (χ1n) is 11.2. The molecule has 186 valence electrons. The molecule has 0 atom stereocenters. The average molecular weight is 472 g/mol. The SMILES string of the molecule is CCCCOC(=O)Cn1c(=O)n(CC(=O)OCCCC)c(=O)n(CC(=O)OCCCC)c1=O. The summed E-state index contributed by atoms with van der Waals surface area (Å²) in [7, 11) is 0. The maximum atomic E-state index is 12.8. The van der Waals surface area contributed by atoms with Crippen LogP contribution in [0.3, 0.4) is 0 Å². The maximum absolute atomic E-state index is 12.8. The summed E-state index contributed by atoms with van der Waals surface area (Å²) in [6.07, 6.45) is 4.09. The highest BCUT2D eigenvalue weighted by molar-refractivity contribution is 5.70. The van der Waals surface area contributed by atoms with E-state index >= 15 is 0 Å². The highest BCUT2D eigenvalue weighted by Gasteiger charge is 2.22. The molecule has 12 heteroatoms. The molecule has 0 spiro atoms. The van der Waals surface area contributed by atoms with E-state index in [0.717, 1.165) is 19.3 Å². The number of carbonyl (C=O) groups is 3. The van der Waals surface area contributed by atoms with Crippen molar-refractivity contribution in [2.75, 3.05) is 19.8 Å². The van der Waals surface area contributed by atoms with Crippen molar-refractivity contribution in [3.05, 3.63) is 31.5 Å². The molecule has 0 N–H and O–H groups in total. The number of ether oxygens (including phenoxy) is 3. The quantitative estimate of drug-likeness (QED) is 0.199. The molecule has 33 heavy (non-hydrogen) atoms. The van der Waals surface area contributed by atoms with Gasteiger partial charge in [0.05, 0.1) is 19.8 Å². The second kappa shape index (κ2) is 14.8. The number of esters is 3. The minimum Gasteiger partial charge on any atom is -0.464 e. The Morgan fingerprint density at radius 1 is 0.545 bits per heavy atom. The second-order valence-electron chi connectivity index (χ2n) is 7.33. The van der Waals surface area contributed by atoms with Gasteiger partial charge in [-0.3, -0.25) is 14.4 Å². The molecule has 0 aromatic carbocycles. The first kappa shape index (κ1) is 27.9. The Morgan fingerprint density at radius 2 is 0.788 bits per heavy atom. The lowest BCUT2D eigenvalue weighted by atomic mass is 10.4. The Hall–Kier alpha value is -3.18. The summed E-state index contributed by atoms with van der Waals surface area (Å²) in [6.45, 7) is 3.65. The van der Waals surface area contributed by atoms with Gasteiger partial charge in [-0.2, -0.15) is 0 Å². The zero-order chi connectivity index (χ0) is 24.8. The van der Waals surface area contributed by atoms with E-state index in [1.807, 2.05) is 20.8 Å². The van der Waals surface area contributed by atoms with Crippen molar-refractivity contribution in [1.29, 1.82) is 0 Å². The lowest BCUT2D eigenvalue weighted by molar-refractivity contribution is -0.145. The molecule has 0 saturated carbocycles. The molecule has 1 aromatic heterocycles. The standard InChI is InChI=1S/C21H33N3O9/c1-4-7-10-31-16(25)13-22-19(28)23(14-17(26)32-11-8-5-2)21(30)24(20(22)29)15-18(27)33-12-9-6-3/h4-15H2,1-3H3. The fraction of sp³-hybridized carbons (Fsp3) is 0.714. The normalized spacial score (nSPS) is 10.6. The van der Waals surface area contributed by atoms with Crippen LogP contribution < -0.4 is 17.1 Å². The fourth-order valence-electron chi connectivity index (χ4n) is 2.60. The third kappa shape index (κ3) is 9.07. The molecule has 0 aliphatic heterocycles. The van der Waals surface area contributed by atoms with Gasteiger partial charge in [-0.1, -0.05) is 40.0 Å². The molecule has 0 unspecified atom stereocenters. The smallest absolute Gasteiger partial charge is 0.337 e. The molecule has 0 radical (unpaired) electrons. The summed E-state index contributed by atoms with van der Waals surface area (Å²) >= 11 is 0. The van der Waals surface area contributed by atoms with E-state index in [4.69, 9.17) is 14.2 Å². The van der Waals surface area contributed by atoms with Gasteiger partial charge in [-0.15, -0.1) is 0 Å². The number of rotatable bonds is 15. The van der Waals surface area contributed by atoms with Gasteiger partial charge < -0.3 is 14.2 Å². The third-order valence-electron chi connectivity index (χ3n) is 4.53. The number of unbranched alkanes of at least 4 members (excludes halogenated alkanes) is 3. The second-order valence-corrected chi connectivity index (χ2v) is 7.33. The molecule has 12 nitrogen and oxygen atoms in total. The molecule has 0 saturated heterocycles. The Labute approximate surface area is 191 Å². The third-order valence-corrected chi connectivity index (χ3v) is 4.53. The van der Waals surface area contributed by atoms with Crippen LogP contribution >= 0.6 is 0 Å². The molecule has 0 amide bonds. The lowest BCUT2D eigenvalue weighted by Gasteiger charge is -2.13. The topological polar surface area (TPSA) is 145 Å². The van der Waals surface area contributed by atoms with E-state index in [0.29, 0.717) is 33.0 Å². The van der Waals surface area contributed by atoms with Crippen molar-refractivity contribution >= 4 is 17.9 Å². The van der Waals surface area contributed by atoms with Crippen LogP contribution in [0.1, 0.15) is 59.3 Å². The van der Waals surface area contributed by atoms with Crippen LogP contribution in [0, 0.1) is 0 Å². The molecule has 1 heterocycles. The average Bonchev–Trinajstić information content (AvgIpc) is 2.78. The molecular formula is C21H33N3O9. The van der Waals surface area contributed by atoms with Crippen molar-refractivity contribution < 1.29 is 28.6 Å². The van der Waals surface area contributed by atoms with E-state index in [9.17, 15) is 28.8 Å². The summed E-state index contributed by atoms with van der Waals surface area (Å²) < 4.78 is 16.3. The van der Waals surface area contributed by atoms with Gasteiger partial charge in [0.1, 0.15) is 19.6 Å². The van der Waals surface area contributed by atoms with Crippen molar-refractivity contribution in [1.82, 2.24) is 13.7 Å². The fourth-order valence-corrected chi connectivity index (χ4v) is 2.60. The summed E-state index contributed by atoms with van der Waals surface area (Å²) in [5, 5.41) is 0. The molecule has 0 fully saturated rings. The molecule has 0 aliphatic carbocycles. The largest absolute Gasteiger partial charge is 0.464 e. The maximum Gasteiger partial charge on any atom is 0.337 e. The van der Waals surface area contributed by atoms with Gasteiger partial charge >= 0.3 is 35.0 Å². The highest BCUT2D eigenvalue weighted by Crippen LogP contribution is 1.93. The van der Waals surface area contributed by atoms with Crippen molar-refractivity contribution in [2.24, 2.45) is 0 Å². The zero-order valence-electron chi connectivity index (χ0n) is 19.5. The number of carbonyl (C=O) groups excluding carboxylic acids is 3. The van der Waals surface area contributed by atoms with E-state index in [2.05, 4.69) is 0 Å². The first-order chi connectivity index (χ1) is 15.8. The number of hydrogen-bond donors (Lipinski definition) is 0. The van der Waals surface area contributed by atoms with Crippen molar-refractivity contribution in [3.63, 3.8) is 0 Å². The number of hydrogen-bond acceptors (Lipinski definition) is 9. The predicted molar refractivity (Wildman–Crippen MR) is 117 cm³/mol. The summed E-state index contributed by atoms with van der Waals surface area (Å²) in [5.41, 5.74) is -3.54. The lowest BCUT2D eigenvalue weighted by Crippen LogP contribution is -2.56. The molecule has 1 aromatic rings. The van der Waals surface area contributed by atoms with Gasteiger partial charge in [0.25, 0.3) is 0 Å². The van der Waals surface area contributed by atoms with Gasteiger partial charge in [0.15, 0.2) is 0 Å². The highest BCUT2D eigenvalue weighted by atomic mass is 16.5. The molecule has 0 aliphatic rings. The summed E-state index contributed by atoms with van der Waals surface area (Å²) in [5.74, 6) is -2.60. The van der Waals surface area contributed by atoms with Crippen LogP contribution in [-0.2, 0) is 48.2 Å². The summed E-state index contributed by atoms with van der Waals surface area (Å²) in [4.78, 5) is 74.6. The zero-order valence-corrected chi connectivity index (χ0v) is 19.5. The Kier molecular flexibility index (Phi) is 12.5. The number of nitrogens with zero attached hydrogens (tertiary/aromatic N) is 3. The van der Waals surface area contributed by atoms with E-state index in [1.165, 1.54) is 0 Å². The monoisotopic (exact) mass is 471 g/mol. The van der Waals surface area contributed by atoms with Crippen LogP contribution in [0.15, 0.2) is 14.4 Å². The summed E-state index contributed by atoms with van der Waals surface area (Å²) in [6, 6.07) is 0. The Bertz CT molecular complexity index is 821. The van der Waals surface area contributed by atoms with Gasteiger partial charge in [-0.25, -0.2) is 28.1 Å². The van der Waals surface area contributed by atoms with E-state index < -0.39 is 54.6 Å². The van der Waals surface area contributed by atoms with E-state index in [-0.39, 0.29) is 19.8 Å². The van der Waals surface area contributed by atoms with Crippen LogP contribution in [0.25, 0.3) is 0 Å². The van der Waals surface area contributed by atoms with E-state index in [1.54, 1.807) is 0 Å². The van der Waals surface area contributed by atoms with Gasteiger partial charge in [-0.05, 0) is 19.3 Å². The Morgan fingerprint density at radius 3 is 1.00 bits per heavy atom. The van der Waals surface area contributed by atoms with Gasteiger partial charge in [0.2, 0.25) is 0 Å². The van der Waals surface area contributed by atoms with Crippen LogP contribution in [-0.4, -0.2) is 51.4 Å². The first-order valence-corrected chi connectivity index (χ1v) is 11.2. The van der Waals surface area contributed by atoms with Crippen LogP contribution in [0.2, 0.25) is 0 Å². The minimum atomic E-state index is -1.18. The molecule has 1 rings (SSSR count). The van der Waals surface area contributed by atoms with Crippen LogP contribution in [0.4, 0.5) is 0 Å². The predicted octanol–water partition coefficient (Wildman–Crippen LogP) is 0.202. The molecular weight excluding hydrogens is 438 g/mol. The van der Waals surface area contributed by atoms with Gasteiger partial charge in [0, 0.05) is 0 Å². The van der Waals surface area contributed by atoms with Crippen molar-refractivity contribution in [2.45, 2.75) is 78.9 Å². The van der Waals surface area contributed by atoms with Crippen LogP contribution in [0.5, 0.6) is 0 Å². The minimum absolute atomic E-state index is 0.103. The van der Waals surface area contributed by atoms with Crippen molar-refractivity contribution in [3.8, 4) is 0 Å².